The van der Waals surface area contributed by atoms with Gasteiger partial charge in [-0.2, -0.15) is 0 Å². The second kappa shape index (κ2) is 9.09. The Hall–Kier alpha value is 1.49. The molecule has 0 aliphatic rings. The van der Waals surface area contributed by atoms with E-state index < -0.39 is 0 Å². The Morgan fingerprint density at radius 1 is 1.60 bits per heavy atom. The largest absolute Gasteiger partial charge is 0.366 e. The van der Waals surface area contributed by atoms with Crippen molar-refractivity contribution in [1.82, 2.24) is 0 Å². The van der Waals surface area contributed by atoms with E-state index >= 15 is 0 Å². The molecule has 0 amide bonds. The molecule has 0 aliphatic carbocycles. The maximum atomic E-state index is 4.57. The van der Waals surface area contributed by atoms with Gasteiger partial charge in [0.1, 0.15) is 0 Å². The van der Waals surface area contributed by atoms with Crippen molar-refractivity contribution in [3.63, 3.8) is 0 Å². The van der Waals surface area contributed by atoms with Gasteiger partial charge in [-0.25, -0.2) is 0 Å². The van der Waals surface area contributed by atoms with E-state index in [9.17, 15) is 0 Å². The average Bonchev–Trinajstić information content (AvgIpc) is 1.37. The minimum Gasteiger partial charge on any atom is -0.366 e. The number of hydrogen-bond acceptors (Lipinski definition) is 1. The van der Waals surface area contributed by atoms with Gasteiger partial charge in [-0.15, -0.1) is 0 Å². The molecule has 0 rings (SSSR count). The molecule has 0 heterocycles. The van der Waals surface area contributed by atoms with Crippen molar-refractivity contribution in [2.45, 2.75) is 0 Å². The van der Waals surface area contributed by atoms with Crippen LogP contribution in [0, 0.1) is 0 Å². The first-order valence-electron chi connectivity index (χ1n) is 1.11. The van der Waals surface area contributed by atoms with Crippen LogP contribution in [0.2, 0.25) is 0 Å². The van der Waals surface area contributed by atoms with E-state index in [1.165, 1.54) is 0 Å². The summed E-state index contributed by atoms with van der Waals surface area (Å²) in [5, 5.41) is 0. The second-order valence-electron chi connectivity index (χ2n) is 0.408. The molecule has 1 nitrogen and oxygen atoms in total. The summed E-state index contributed by atoms with van der Waals surface area (Å²) in [6.45, 7) is 1.99. The fourth-order valence-corrected chi connectivity index (χ4v) is 0. The summed E-state index contributed by atoms with van der Waals surface area (Å²) in [6.07, 6.45) is 0. The van der Waals surface area contributed by atoms with Crippen LogP contribution in [0.4, 0.5) is 0 Å². The topological polar surface area (TPSA) is 9.23 Å². The first kappa shape index (κ1) is 9.71. The molecule has 5 heavy (non-hydrogen) atoms. The maximum Gasteiger partial charge on any atom is 0.0394 e. The van der Waals surface area contributed by atoms with E-state index in [0.717, 1.165) is 0 Å². The Morgan fingerprint density at radius 3 is 1.80 bits per heavy atom. The zero-order valence-electron chi connectivity index (χ0n) is 3.49. The normalized spacial score (nSPS) is 8.40. The van der Waals surface area contributed by atoms with Crippen molar-refractivity contribution in [1.29, 1.82) is 0 Å². The summed E-state index contributed by atoms with van der Waals surface area (Å²) in [6, 6.07) is 0. The smallest absolute Gasteiger partial charge is 0.0394 e. The van der Waals surface area contributed by atoms with Gasteiger partial charge in [0.05, 0.1) is 0 Å². The third-order valence-corrected chi connectivity index (χ3v) is 0.612. The van der Waals surface area contributed by atoms with Gasteiger partial charge in [0.25, 0.3) is 0 Å². The van der Waals surface area contributed by atoms with Gasteiger partial charge in [0, 0.05) is 48.6 Å². The van der Waals surface area contributed by atoms with Crippen LogP contribution >= 0.6 is 8.81 Å². The molecule has 1 atom stereocenters. The molecule has 0 aromatic rings. The predicted octanol–water partition coefficient (Wildman–Crippen LogP) is 0.854. The fraction of sp³-hybridized carbons (Fsp3) is 1.00. The van der Waals surface area contributed by atoms with Gasteiger partial charge in [-0.1, -0.05) is 0 Å². The molecule has 0 bridgehead atoms. The van der Waals surface area contributed by atoms with Crippen LogP contribution in [0.15, 0.2) is 0 Å². The molecule has 0 spiro atoms. The van der Waals surface area contributed by atoms with Gasteiger partial charge in [-0.05, 0) is 6.66 Å². The summed E-state index contributed by atoms with van der Waals surface area (Å²) >= 11 is 0. The Balaban J connectivity index is 0. The minimum atomic E-state index is 0. The van der Waals surface area contributed by atoms with Crippen molar-refractivity contribution in [3.8, 4) is 0 Å². The number of hydrogen-bond donors (Lipinski definition) is 0. The van der Waals surface area contributed by atoms with E-state index in [4.69, 9.17) is 0 Å². The molecule has 0 aliphatic heterocycles. The van der Waals surface area contributed by atoms with Crippen LogP contribution in [-0.4, -0.2) is 13.8 Å². The van der Waals surface area contributed by atoms with Gasteiger partial charge in [0.2, 0.25) is 0 Å². The minimum absolute atomic E-state index is 0. The molecule has 0 saturated heterocycles. The van der Waals surface area contributed by atoms with Crippen LogP contribution in [0.25, 0.3) is 0 Å². The van der Waals surface area contributed by atoms with Crippen molar-refractivity contribution in [2.75, 3.05) is 13.8 Å². The van der Waals surface area contributed by atoms with Gasteiger partial charge in [0.15, 0.2) is 0 Å². The first-order chi connectivity index (χ1) is 1.91. The molecule has 0 aromatic carbocycles. The summed E-state index contributed by atoms with van der Waals surface area (Å²) in [5.41, 5.74) is 0. The van der Waals surface area contributed by atoms with Crippen LogP contribution < -0.4 is 0 Å². The second-order valence-corrected chi connectivity index (χ2v) is 1.22. The zero-order chi connectivity index (χ0) is 3.41. The van der Waals surface area contributed by atoms with Crippen LogP contribution in [-0.2, 0) is 37.2 Å². The summed E-state index contributed by atoms with van der Waals surface area (Å²) in [5.74, 6) is 0. The fourth-order valence-electron chi connectivity index (χ4n) is 0. The Labute approximate surface area is 59.6 Å². The van der Waals surface area contributed by atoms with Crippen LogP contribution in [0.1, 0.15) is 0 Å². The number of rotatable bonds is 1. The quantitative estimate of drug-likeness (QED) is 0.526. The van der Waals surface area contributed by atoms with E-state index in [2.05, 4.69) is 4.52 Å². The molecule has 29 valence electrons. The Morgan fingerprint density at radius 2 is 1.80 bits per heavy atom. The average molecular weight is 167 g/mol. The van der Waals surface area contributed by atoms with E-state index in [-0.39, 0.29) is 32.7 Å². The standard InChI is InChI=1S/C2H7OP.Y/c1-3-4-2;/h4H,1-2H3;. The molecule has 0 fully saturated rings. The first-order valence-corrected chi connectivity index (χ1v) is 2.52. The summed E-state index contributed by atoms with van der Waals surface area (Å²) in [4.78, 5) is 0. The summed E-state index contributed by atoms with van der Waals surface area (Å²) < 4.78 is 4.57. The maximum absolute atomic E-state index is 4.57. The molecule has 3 heteroatoms. The van der Waals surface area contributed by atoms with Crippen molar-refractivity contribution >= 4 is 8.81 Å². The van der Waals surface area contributed by atoms with E-state index in [1.807, 2.05) is 6.66 Å². The van der Waals surface area contributed by atoms with Crippen molar-refractivity contribution in [3.05, 3.63) is 0 Å². The monoisotopic (exact) mass is 167 g/mol. The van der Waals surface area contributed by atoms with E-state index in [1.54, 1.807) is 7.11 Å². The third kappa shape index (κ3) is 10.8. The molecule has 1 radical (unpaired) electrons. The summed E-state index contributed by atoms with van der Waals surface area (Å²) in [7, 11) is 2.33. The molecule has 0 aromatic heterocycles. The van der Waals surface area contributed by atoms with Gasteiger partial charge >= 0.3 is 0 Å². The van der Waals surface area contributed by atoms with Crippen molar-refractivity contribution in [2.24, 2.45) is 0 Å². The molecule has 0 saturated carbocycles. The molecular weight excluding hydrogens is 160 g/mol. The third-order valence-electron chi connectivity index (χ3n) is 0.204. The molecule has 1 unspecified atom stereocenters. The van der Waals surface area contributed by atoms with Gasteiger partial charge in [-0.3, -0.25) is 0 Å². The molecular formula is C2H7OPY. The van der Waals surface area contributed by atoms with Crippen molar-refractivity contribution < 1.29 is 37.2 Å². The van der Waals surface area contributed by atoms with Gasteiger partial charge < -0.3 is 4.52 Å². The van der Waals surface area contributed by atoms with Crippen LogP contribution in [0.3, 0.4) is 0 Å². The van der Waals surface area contributed by atoms with E-state index in [0.29, 0.717) is 8.81 Å². The molecule has 0 N–H and O–H groups in total. The van der Waals surface area contributed by atoms with Crippen LogP contribution in [0.5, 0.6) is 0 Å². The zero-order valence-corrected chi connectivity index (χ0v) is 7.32. The SMILES string of the molecule is COPC.[Y]. The Bertz CT molecular complexity index is 11.6. The predicted molar refractivity (Wildman–Crippen MR) is 21.2 cm³/mol. The Kier molecular flexibility index (Phi) is 17.6.